The van der Waals surface area contributed by atoms with Crippen LogP contribution >= 0.6 is 0 Å². The summed E-state index contributed by atoms with van der Waals surface area (Å²) in [5.74, 6) is 0.248. The molecule has 0 saturated carbocycles. The second-order valence-electron chi connectivity index (χ2n) is 10.4. The number of nitrogens with zero attached hydrogens (tertiary/aromatic N) is 1. The molecule has 1 fully saturated rings. The summed E-state index contributed by atoms with van der Waals surface area (Å²) < 4.78 is 44.9. The van der Waals surface area contributed by atoms with Crippen LogP contribution in [-0.2, 0) is 14.8 Å². The van der Waals surface area contributed by atoms with Crippen LogP contribution in [0.1, 0.15) is 36.8 Å². The minimum absolute atomic E-state index is 0.0787. The number of methoxy groups -OCH3 is 1. The Labute approximate surface area is 245 Å². The van der Waals surface area contributed by atoms with Gasteiger partial charge in [0.15, 0.2) is 12.4 Å². The molecule has 1 amide bonds. The molecule has 220 valence electrons. The first-order valence-corrected chi connectivity index (χ1v) is 15.4. The number of nitrogens with one attached hydrogen (secondary N) is 1. The van der Waals surface area contributed by atoms with Gasteiger partial charge in [0.25, 0.3) is 5.91 Å². The number of hydrogen-bond acceptors (Lipinski definition) is 7. The van der Waals surface area contributed by atoms with Crippen LogP contribution in [0.3, 0.4) is 0 Å². The van der Waals surface area contributed by atoms with Crippen molar-refractivity contribution in [1.29, 1.82) is 0 Å². The zero-order chi connectivity index (χ0) is 29.9. The molecule has 0 spiro atoms. The summed E-state index contributed by atoms with van der Waals surface area (Å²) in [7, 11) is -2.04. The fourth-order valence-electron chi connectivity index (χ4n) is 4.97. The van der Waals surface area contributed by atoms with Crippen LogP contribution in [0.25, 0.3) is 22.3 Å². The highest BCUT2D eigenvalue weighted by Crippen LogP contribution is 2.33. The minimum Gasteiger partial charge on any atom is -0.497 e. The summed E-state index contributed by atoms with van der Waals surface area (Å²) in [6.07, 6.45) is 3.76. The third-order valence-corrected chi connectivity index (χ3v) is 9.42. The highest BCUT2D eigenvalue weighted by molar-refractivity contribution is 7.89. The molecule has 0 aliphatic carbocycles. The van der Waals surface area contributed by atoms with Gasteiger partial charge in [0, 0.05) is 24.3 Å². The van der Waals surface area contributed by atoms with E-state index in [1.165, 1.54) is 16.4 Å². The minimum atomic E-state index is -3.60. The lowest BCUT2D eigenvalue weighted by molar-refractivity contribution is -0.118. The average molecular weight is 591 g/mol. The Morgan fingerprint density at radius 2 is 1.57 bits per heavy atom. The second-order valence-corrected chi connectivity index (χ2v) is 12.4. The van der Waals surface area contributed by atoms with E-state index in [-0.39, 0.29) is 21.8 Å². The molecular formula is C32H34N2O7S. The van der Waals surface area contributed by atoms with Gasteiger partial charge in [-0.1, -0.05) is 12.8 Å². The number of ether oxygens (including phenoxy) is 2. The van der Waals surface area contributed by atoms with Crippen LogP contribution in [0, 0.1) is 13.8 Å². The van der Waals surface area contributed by atoms with Crippen molar-refractivity contribution in [2.75, 3.05) is 32.1 Å². The SMILES string of the molecule is COc1ccc(-c2oc3cc(C)c(C)cc3c(=O)c2OCC(=O)Nc2ccc(S(=O)(=O)N3CCCCCC3)cc2)cc1. The number of anilines is 1. The number of carbonyl (C=O) groups is 1. The van der Waals surface area contributed by atoms with Crippen molar-refractivity contribution in [3.8, 4) is 22.8 Å². The maximum atomic E-state index is 13.6. The van der Waals surface area contributed by atoms with E-state index < -0.39 is 22.5 Å². The standard InChI is InChI=1S/C32H34N2O7S/c1-21-18-27-28(19-22(21)2)41-31(23-8-12-25(39-3)13-9-23)32(30(27)36)40-20-29(35)33-24-10-14-26(15-11-24)42(37,38)34-16-6-4-5-7-17-34/h8-15,18-19H,4-7,16-17,20H2,1-3H3,(H,33,35). The van der Waals surface area contributed by atoms with Crippen molar-refractivity contribution in [1.82, 2.24) is 4.31 Å². The van der Waals surface area contributed by atoms with Gasteiger partial charge < -0.3 is 19.2 Å². The molecule has 1 aliphatic heterocycles. The molecule has 0 unspecified atom stereocenters. The van der Waals surface area contributed by atoms with Crippen LogP contribution in [-0.4, -0.2) is 45.4 Å². The third-order valence-electron chi connectivity index (χ3n) is 7.51. The summed E-state index contributed by atoms with van der Waals surface area (Å²) in [6.45, 7) is 4.41. The van der Waals surface area contributed by atoms with E-state index in [1.807, 2.05) is 19.9 Å². The van der Waals surface area contributed by atoms with Crippen molar-refractivity contribution < 1.29 is 27.1 Å². The Kier molecular flexibility index (Phi) is 8.65. The number of amides is 1. The highest BCUT2D eigenvalue weighted by atomic mass is 32.2. The summed E-state index contributed by atoms with van der Waals surface area (Å²) in [4.78, 5) is 26.6. The molecule has 1 N–H and O–H groups in total. The van der Waals surface area contributed by atoms with E-state index in [0.717, 1.165) is 36.8 Å². The van der Waals surface area contributed by atoms with Crippen LogP contribution in [0.4, 0.5) is 5.69 Å². The molecule has 0 bridgehead atoms. The van der Waals surface area contributed by atoms with Gasteiger partial charge in [0.05, 0.1) is 17.4 Å². The molecule has 2 heterocycles. The van der Waals surface area contributed by atoms with E-state index >= 15 is 0 Å². The number of fused-ring (bicyclic) bond motifs is 1. The van der Waals surface area contributed by atoms with Crippen molar-refractivity contribution >= 4 is 32.6 Å². The van der Waals surface area contributed by atoms with E-state index in [9.17, 15) is 18.0 Å². The Morgan fingerprint density at radius 1 is 0.929 bits per heavy atom. The third kappa shape index (κ3) is 6.19. The molecule has 10 heteroatoms. The quantitative estimate of drug-likeness (QED) is 0.281. The number of benzene rings is 3. The number of rotatable bonds is 8. The zero-order valence-electron chi connectivity index (χ0n) is 23.9. The van der Waals surface area contributed by atoms with Gasteiger partial charge in [-0.3, -0.25) is 9.59 Å². The van der Waals surface area contributed by atoms with Gasteiger partial charge in [-0.15, -0.1) is 0 Å². The van der Waals surface area contributed by atoms with E-state index in [1.54, 1.807) is 49.6 Å². The van der Waals surface area contributed by atoms with E-state index in [0.29, 0.717) is 41.1 Å². The zero-order valence-corrected chi connectivity index (χ0v) is 24.8. The van der Waals surface area contributed by atoms with E-state index in [2.05, 4.69) is 5.32 Å². The van der Waals surface area contributed by atoms with Gasteiger partial charge in [-0.25, -0.2) is 8.42 Å². The Balaban J connectivity index is 1.36. The Bertz CT molecular complexity index is 1750. The summed E-state index contributed by atoms with van der Waals surface area (Å²) in [5.41, 5.74) is 2.93. The fraction of sp³-hybridized carbons (Fsp3) is 0.312. The van der Waals surface area contributed by atoms with Crippen LogP contribution in [0.2, 0.25) is 0 Å². The smallest absolute Gasteiger partial charge is 0.262 e. The molecule has 0 radical (unpaired) electrons. The van der Waals surface area contributed by atoms with Crippen molar-refractivity contribution in [2.45, 2.75) is 44.4 Å². The maximum Gasteiger partial charge on any atom is 0.262 e. The Hall–Kier alpha value is -4.15. The molecule has 9 nitrogen and oxygen atoms in total. The highest BCUT2D eigenvalue weighted by Gasteiger charge is 2.25. The molecule has 0 atom stereocenters. The van der Waals surface area contributed by atoms with E-state index in [4.69, 9.17) is 13.9 Å². The molecule has 3 aromatic carbocycles. The first-order chi connectivity index (χ1) is 20.2. The molecule has 1 aromatic heterocycles. The largest absolute Gasteiger partial charge is 0.497 e. The lowest BCUT2D eigenvalue weighted by Crippen LogP contribution is -2.31. The number of sulfonamides is 1. The molecule has 5 rings (SSSR count). The van der Waals surface area contributed by atoms with Gasteiger partial charge in [-0.2, -0.15) is 4.31 Å². The predicted molar refractivity (Wildman–Crippen MR) is 162 cm³/mol. The molecular weight excluding hydrogens is 556 g/mol. The van der Waals surface area contributed by atoms with Crippen LogP contribution in [0.15, 0.2) is 74.8 Å². The molecule has 1 saturated heterocycles. The fourth-order valence-corrected chi connectivity index (χ4v) is 6.49. The number of aryl methyl sites for hydroxylation is 2. The van der Waals surface area contributed by atoms with Gasteiger partial charge in [0.2, 0.25) is 21.2 Å². The monoisotopic (exact) mass is 590 g/mol. The number of hydrogen-bond donors (Lipinski definition) is 1. The molecule has 1 aliphatic rings. The lowest BCUT2D eigenvalue weighted by Gasteiger charge is -2.20. The summed E-state index contributed by atoms with van der Waals surface area (Å²) >= 11 is 0. The Morgan fingerprint density at radius 3 is 2.21 bits per heavy atom. The van der Waals surface area contributed by atoms with Crippen molar-refractivity contribution in [3.05, 3.63) is 82.0 Å². The predicted octanol–water partition coefficient (Wildman–Crippen LogP) is 5.67. The first kappa shape index (κ1) is 29.3. The summed E-state index contributed by atoms with van der Waals surface area (Å²) in [6, 6.07) is 16.6. The topological polar surface area (TPSA) is 115 Å². The molecule has 42 heavy (non-hydrogen) atoms. The van der Waals surface area contributed by atoms with Crippen LogP contribution in [0.5, 0.6) is 11.5 Å². The second kappa shape index (κ2) is 12.4. The van der Waals surface area contributed by atoms with Gasteiger partial charge in [0.1, 0.15) is 11.3 Å². The van der Waals surface area contributed by atoms with Crippen molar-refractivity contribution in [2.24, 2.45) is 0 Å². The van der Waals surface area contributed by atoms with Gasteiger partial charge in [-0.05, 0) is 98.5 Å². The maximum absolute atomic E-state index is 13.6. The van der Waals surface area contributed by atoms with Gasteiger partial charge >= 0.3 is 0 Å². The van der Waals surface area contributed by atoms with Crippen molar-refractivity contribution in [3.63, 3.8) is 0 Å². The summed E-state index contributed by atoms with van der Waals surface area (Å²) in [5, 5.41) is 3.06. The normalized spacial score (nSPS) is 14.4. The number of carbonyl (C=O) groups excluding carboxylic acids is 1. The van der Waals surface area contributed by atoms with Crippen LogP contribution < -0.4 is 20.2 Å². The first-order valence-electron chi connectivity index (χ1n) is 13.9. The lowest BCUT2D eigenvalue weighted by atomic mass is 10.0. The average Bonchev–Trinajstić information content (AvgIpc) is 3.29. The molecule has 4 aromatic rings.